The Bertz CT molecular complexity index is 938. The monoisotopic (exact) mass is 408 g/mol. The normalized spacial score (nSPS) is 17.9. The van der Waals surface area contributed by atoms with Gasteiger partial charge in [0.2, 0.25) is 0 Å². The Morgan fingerprint density at radius 2 is 1.90 bits per heavy atom. The molecule has 2 aromatic rings. The van der Waals surface area contributed by atoms with E-state index in [1.807, 2.05) is 0 Å². The zero-order valence-corrected chi connectivity index (χ0v) is 16.8. The van der Waals surface area contributed by atoms with Crippen molar-refractivity contribution in [2.24, 2.45) is 0 Å². The van der Waals surface area contributed by atoms with Gasteiger partial charge >= 0.3 is 0 Å². The van der Waals surface area contributed by atoms with E-state index in [1.54, 1.807) is 62.0 Å². The van der Waals surface area contributed by atoms with Crippen LogP contribution in [0.3, 0.4) is 0 Å². The number of aliphatic hydroxyl groups is 1. The van der Waals surface area contributed by atoms with Gasteiger partial charge in [-0.05, 0) is 48.4 Å². The molecule has 1 N–H and O–H groups in total. The summed E-state index contributed by atoms with van der Waals surface area (Å²) >= 11 is 0. The molecule has 7 nitrogen and oxygen atoms in total. The molecule has 7 heteroatoms. The Balaban J connectivity index is 2.01. The molecule has 0 bridgehead atoms. The van der Waals surface area contributed by atoms with Gasteiger partial charge in [-0.1, -0.05) is 12.7 Å². The van der Waals surface area contributed by atoms with Crippen LogP contribution in [0, 0.1) is 0 Å². The van der Waals surface area contributed by atoms with Gasteiger partial charge in [0.25, 0.3) is 11.7 Å². The molecule has 156 valence electrons. The molecule has 1 atom stereocenters. The van der Waals surface area contributed by atoms with E-state index in [4.69, 9.17) is 9.47 Å². The van der Waals surface area contributed by atoms with Crippen LogP contribution in [0.1, 0.15) is 23.6 Å². The number of carbonyl (C=O) groups is 2. The Morgan fingerprint density at radius 3 is 2.53 bits per heavy atom. The molecule has 1 saturated heterocycles. The number of methoxy groups -OCH3 is 1. The van der Waals surface area contributed by atoms with E-state index in [0.29, 0.717) is 43.1 Å². The molecule has 30 heavy (non-hydrogen) atoms. The summed E-state index contributed by atoms with van der Waals surface area (Å²) in [7, 11) is 1.58. The van der Waals surface area contributed by atoms with Crippen LogP contribution in [0.2, 0.25) is 0 Å². The Morgan fingerprint density at radius 1 is 1.20 bits per heavy atom. The van der Waals surface area contributed by atoms with Crippen LogP contribution in [0.25, 0.3) is 5.76 Å². The molecule has 1 amide bonds. The van der Waals surface area contributed by atoms with Crippen LogP contribution in [0.15, 0.2) is 67.0 Å². The van der Waals surface area contributed by atoms with E-state index in [0.717, 1.165) is 0 Å². The van der Waals surface area contributed by atoms with Gasteiger partial charge in [-0.2, -0.15) is 0 Å². The quantitative estimate of drug-likeness (QED) is 0.225. The number of nitrogens with zero attached hydrogens (tertiary/aromatic N) is 2. The Kier molecular flexibility index (Phi) is 6.98. The van der Waals surface area contributed by atoms with Crippen molar-refractivity contribution in [1.29, 1.82) is 0 Å². The second kappa shape index (κ2) is 9.84. The molecular weight excluding hydrogens is 384 g/mol. The predicted octanol–water partition coefficient (Wildman–Crippen LogP) is 3.10. The van der Waals surface area contributed by atoms with Gasteiger partial charge in [0.05, 0.1) is 11.6 Å². The summed E-state index contributed by atoms with van der Waals surface area (Å²) < 4.78 is 10.5. The SMILES string of the molecule is C=CCOc1ccc(/C(O)=C2\C(=O)C(=O)N(CCCOC)[C@@H]2c2ccncc2)cc1. The third kappa shape index (κ3) is 4.41. The zero-order valence-electron chi connectivity index (χ0n) is 16.8. The number of aromatic nitrogens is 1. The topological polar surface area (TPSA) is 89.0 Å². The molecule has 0 aliphatic carbocycles. The third-order valence-corrected chi connectivity index (χ3v) is 4.80. The highest BCUT2D eigenvalue weighted by atomic mass is 16.5. The van der Waals surface area contributed by atoms with Gasteiger partial charge in [0.1, 0.15) is 18.1 Å². The van der Waals surface area contributed by atoms with E-state index in [2.05, 4.69) is 11.6 Å². The summed E-state index contributed by atoms with van der Waals surface area (Å²) in [5.41, 5.74) is 1.19. The number of ketones is 1. The van der Waals surface area contributed by atoms with E-state index in [-0.39, 0.29) is 11.3 Å². The lowest BCUT2D eigenvalue weighted by atomic mass is 9.96. The largest absolute Gasteiger partial charge is 0.507 e. The minimum atomic E-state index is -0.710. The number of rotatable bonds is 9. The number of amides is 1. The van der Waals surface area contributed by atoms with Crippen molar-refractivity contribution in [1.82, 2.24) is 9.88 Å². The fourth-order valence-corrected chi connectivity index (χ4v) is 3.40. The number of hydrogen-bond donors (Lipinski definition) is 1. The van der Waals surface area contributed by atoms with Crippen molar-refractivity contribution >= 4 is 17.4 Å². The average Bonchev–Trinajstić information content (AvgIpc) is 3.03. The van der Waals surface area contributed by atoms with Crippen molar-refractivity contribution in [2.75, 3.05) is 26.9 Å². The summed E-state index contributed by atoms with van der Waals surface area (Å²) in [4.78, 5) is 31.1. The summed E-state index contributed by atoms with van der Waals surface area (Å²) in [5, 5.41) is 11.0. The van der Waals surface area contributed by atoms with Crippen LogP contribution < -0.4 is 4.74 Å². The van der Waals surface area contributed by atoms with E-state index in [9.17, 15) is 14.7 Å². The number of Topliss-reactive ketones (excluding diaryl/α,β-unsaturated/α-hetero) is 1. The van der Waals surface area contributed by atoms with Crippen molar-refractivity contribution in [2.45, 2.75) is 12.5 Å². The van der Waals surface area contributed by atoms with Crippen molar-refractivity contribution in [3.8, 4) is 5.75 Å². The smallest absolute Gasteiger partial charge is 0.295 e. The molecule has 0 saturated carbocycles. The first-order valence-electron chi connectivity index (χ1n) is 9.60. The standard InChI is InChI=1S/C23H24N2O5/c1-3-14-30-18-7-5-17(6-8-18)21(26)19-20(16-9-11-24-12-10-16)25(13-4-15-29-2)23(28)22(19)27/h3,5-12,20,26H,1,4,13-15H2,2H3/b21-19+/t20-/m1/s1. The molecule has 0 unspecified atom stereocenters. The van der Waals surface area contributed by atoms with Crippen molar-refractivity contribution < 1.29 is 24.2 Å². The second-order valence-corrected chi connectivity index (χ2v) is 6.74. The summed E-state index contributed by atoms with van der Waals surface area (Å²) in [6.07, 6.45) is 5.39. The van der Waals surface area contributed by atoms with Gasteiger partial charge in [-0.15, -0.1) is 0 Å². The molecule has 1 fully saturated rings. The van der Waals surface area contributed by atoms with Gasteiger partial charge in [0, 0.05) is 38.2 Å². The number of likely N-dealkylation sites (tertiary alicyclic amines) is 1. The first kappa shape index (κ1) is 21.3. The summed E-state index contributed by atoms with van der Waals surface area (Å²) in [5.74, 6) is -0.962. The highest BCUT2D eigenvalue weighted by Crippen LogP contribution is 2.39. The number of aliphatic hydroxyl groups excluding tert-OH is 1. The predicted molar refractivity (Wildman–Crippen MR) is 112 cm³/mol. The van der Waals surface area contributed by atoms with E-state index >= 15 is 0 Å². The van der Waals surface area contributed by atoms with Crippen LogP contribution in [0.5, 0.6) is 5.75 Å². The molecular formula is C23H24N2O5. The molecule has 2 heterocycles. The number of ether oxygens (including phenoxy) is 2. The molecule has 1 aliphatic rings. The van der Waals surface area contributed by atoms with Gasteiger partial charge in [-0.3, -0.25) is 14.6 Å². The Hall–Kier alpha value is -3.45. The molecule has 0 radical (unpaired) electrons. The molecule has 0 spiro atoms. The van der Waals surface area contributed by atoms with E-state index < -0.39 is 17.7 Å². The second-order valence-electron chi connectivity index (χ2n) is 6.74. The highest BCUT2D eigenvalue weighted by molar-refractivity contribution is 6.46. The van der Waals surface area contributed by atoms with Gasteiger partial charge < -0.3 is 19.5 Å². The summed E-state index contributed by atoms with van der Waals surface area (Å²) in [6, 6.07) is 9.45. The van der Waals surface area contributed by atoms with Crippen LogP contribution in [0.4, 0.5) is 0 Å². The minimum absolute atomic E-state index is 0.0587. The van der Waals surface area contributed by atoms with Crippen molar-refractivity contribution in [3.05, 3.63) is 78.1 Å². The fraction of sp³-hybridized carbons (Fsp3) is 0.261. The molecule has 1 aliphatic heterocycles. The van der Waals surface area contributed by atoms with Crippen LogP contribution in [-0.2, 0) is 14.3 Å². The number of benzene rings is 1. The first-order valence-corrected chi connectivity index (χ1v) is 9.60. The molecule has 3 rings (SSSR count). The van der Waals surface area contributed by atoms with Gasteiger partial charge in [0.15, 0.2) is 0 Å². The maximum Gasteiger partial charge on any atom is 0.295 e. The maximum absolute atomic E-state index is 12.9. The van der Waals surface area contributed by atoms with Crippen LogP contribution in [-0.4, -0.2) is 53.5 Å². The minimum Gasteiger partial charge on any atom is -0.507 e. The van der Waals surface area contributed by atoms with Gasteiger partial charge in [-0.25, -0.2) is 0 Å². The molecule has 1 aromatic carbocycles. The lowest BCUT2D eigenvalue weighted by Gasteiger charge is -2.25. The number of pyridine rings is 1. The zero-order chi connectivity index (χ0) is 21.5. The maximum atomic E-state index is 12.9. The lowest BCUT2D eigenvalue weighted by molar-refractivity contribution is -0.140. The molecule has 1 aromatic heterocycles. The highest BCUT2D eigenvalue weighted by Gasteiger charge is 2.45. The first-order chi connectivity index (χ1) is 14.6. The van der Waals surface area contributed by atoms with Crippen molar-refractivity contribution in [3.63, 3.8) is 0 Å². The Labute approximate surface area is 175 Å². The summed E-state index contributed by atoms with van der Waals surface area (Å²) in [6.45, 7) is 4.75. The number of hydrogen-bond acceptors (Lipinski definition) is 6. The van der Waals surface area contributed by atoms with E-state index in [1.165, 1.54) is 4.90 Å². The average molecular weight is 408 g/mol. The van der Waals surface area contributed by atoms with Crippen LogP contribution >= 0.6 is 0 Å². The lowest BCUT2D eigenvalue weighted by Crippen LogP contribution is -2.31. The fourth-order valence-electron chi connectivity index (χ4n) is 3.40. The third-order valence-electron chi connectivity index (χ3n) is 4.80. The number of carbonyl (C=O) groups excluding carboxylic acids is 2.